The number of benzene rings is 2. The number of aliphatic hydroxyl groups is 2. The lowest BCUT2D eigenvalue weighted by molar-refractivity contribution is -0.0312. The third-order valence-electron chi connectivity index (χ3n) is 8.35. The van der Waals surface area contributed by atoms with Crippen molar-refractivity contribution in [2.75, 3.05) is 39.5 Å². The standard InChI is InChI=1S/C30H39N3O8S2/c1-29(2,21-34)42(36,37)26-8-5-7-25(15-26)40-20-24(35)17-31-23-16-30(41-19-23)10-12-33(13-11-30)43(38,39)27-14-22-6-3-4-9-28(22)32-18-27/h3-9,14-15,18,23-24,31,34-35H,10-13,16-17,19-21H2,1-2H3/t23-,24?/m1/s1. The fourth-order valence-electron chi connectivity index (χ4n) is 5.49. The van der Waals surface area contributed by atoms with E-state index in [-0.39, 0.29) is 29.0 Å². The van der Waals surface area contributed by atoms with Crippen LogP contribution in [-0.2, 0) is 24.6 Å². The van der Waals surface area contributed by atoms with Crippen LogP contribution in [0.5, 0.6) is 5.75 Å². The van der Waals surface area contributed by atoms with Crippen LogP contribution in [0.15, 0.2) is 70.6 Å². The van der Waals surface area contributed by atoms with E-state index in [4.69, 9.17) is 9.47 Å². The van der Waals surface area contributed by atoms with Gasteiger partial charge in [0.2, 0.25) is 10.0 Å². The fraction of sp³-hybridized carbons (Fsp3) is 0.500. The van der Waals surface area contributed by atoms with Crippen molar-refractivity contribution in [1.82, 2.24) is 14.6 Å². The number of sulfonamides is 1. The maximum absolute atomic E-state index is 13.3. The summed E-state index contributed by atoms with van der Waals surface area (Å²) < 4.78 is 64.3. The largest absolute Gasteiger partial charge is 0.491 e. The number of aliphatic hydroxyl groups excluding tert-OH is 2. The van der Waals surface area contributed by atoms with Crippen molar-refractivity contribution < 1.29 is 36.5 Å². The van der Waals surface area contributed by atoms with Gasteiger partial charge in [0.25, 0.3) is 0 Å². The molecule has 3 heterocycles. The minimum atomic E-state index is -3.78. The van der Waals surface area contributed by atoms with E-state index in [9.17, 15) is 27.0 Å². The lowest BCUT2D eigenvalue weighted by Crippen LogP contribution is -2.47. The van der Waals surface area contributed by atoms with Crippen LogP contribution in [0.2, 0.25) is 0 Å². The SMILES string of the molecule is CC(C)(CO)S(=O)(=O)c1cccc(OCC(O)CN[C@H]2COC3(CCN(S(=O)(=O)c4cnc5ccccc5c4)CC3)C2)c1. The van der Waals surface area contributed by atoms with Crippen molar-refractivity contribution in [3.05, 3.63) is 60.8 Å². The molecule has 0 saturated carbocycles. The van der Waals surface area contributed by atoms with Gasteiger partial charge in [-0.2, -0.15) is 4.31 Å². The van der Waals surface area contributed by atoms with Crippen molar-refractivity contribution in [2.45, 2.75) is 65.4 Å². The molecule has 0 radical (unpaired) electrons. The zero-order valence-corrected chi connectivity index (χ0v) is 26.0. The van der Waals surface area contributed by atoms with Gasteiger partial charge >= 0.3 is 0 Å². The van der Waals surface area contributed by atoms with E-state index in [1.807, 2.05) is 24.3 Å². The lowest BCUT2D eigenvalue weighted by atomic mass is 9.88. The summed E-state index contributed by atoms with van der Waals surface area (Å²) in [5.74, 6) is 0.304. The first-order valence-corrected chi connectivity index (χ1v) is 17.3. The van der Waals surface area contributed by atoms with E-state index in [0.717, 1.165) is 10.9 Å². The van der Waals surface area contributed by atoms with Crippen LogP contribution in [0.3, 0.4) is 0 Å². The second kappa shape index (κ2) is 12.4. The highest BCUT2D eigenvalue weighted by Crippen LogP contribution is 2.37. The molecule has 2 aliphatic rings. The van der Waals surface area contributed by atoms with Gasteiger partial charge in [-0.25, -0.2) is 16.8 Å². The zero-order valence-electron chi connectivity index (χ0n) is 24.3. The van der Waals surface area contributed by atoms with Crippen LogP contribution in [0.1, 0.15) is 33.1 Å². The number of hydrogen-bond donors (Lipinski definition) is 3. The van der Waals surface area contributed by atoms with Crippen LogP contribution in [-0.4, -0.2) is 98.3 Å². The summed E-state index contributed by atoms with van der Waals surface area (Å²) in [6.45, 7) is 3.75. The molecule has 234 valence electrons. The Labute approximate surface area is 252 Å². The highest BCUT2D eigenvalue weighted by atomic mass is 32.2. The van der Waals surface area contributed by atoms with Gasteiger partial charge in [-0.05, 0) is 63.4 Å². The molecule has 2 saturated heterocycles. The van der Waals surface area contributed by atoms with Gasteiger partial charge in [0.15, 0.2) is 9.84 Å². The number of aromatic nitrogens is 1. The number of ether oxygens (including phenoxy) is 2. The minimum absolute atomic E-state index is 0.00308. The first kappa shape index (κ1) is 31.8. The molecule has 43 heavy (non-hydrogen) atoms. The molecular weight excluding hydrogens is 594 g/mol. The molecule has 1 unspecified atom stereocenters. The number of sulfone groups is 1. The van der Waals surface area contributed by atoms with Crippen molar-refractivity contribution in [2.24, 2.45) is 0 Å². The number of rotatable bonds is 11. The average Bonchev–Trinajstić information content (AvgIpc) is 3.40. The first-order valence-electron chi connectivity index (χ1n) is 14.3. The minimum Gasteiger partial charge on any atom is -0.491 e. The van der Waals surface area contributed by atoms with E-state index < -0.39 is 42.9 Å². The Balaban J connectivity index is 1.09. The molecule has 1 spiro atoms. The third kappa shape index (κ3) is 6.72. The maximum Gasteiger partial charge on any atom is 0.244 e. The Morgan fingerprint density at radius 2 is 1.84 bits per heavy atom. The van der Waals surface area contributed by atoms with Crippen LogP contribution in [0.4, 0.5) is 0 Å². The summed E-state index contributed by atoms with van der Waals surface area (Å²) >= 11 is 0. The monoisotopic (exact) mass is 633 g/mol. The third-order valence-corrected chi connectivity index (χ3v) is 12.7. The molecule has 0 bridgehead atoms. The van der Waals surface area contributed by atoms with Gasteiger partial charge in [-0.15, -0.1) is 0 Å². The lowest BCUT2D eigenvalue weighted by Gasteiger charge is -2.38. The Hall–Kier alpha value is -2.65. The average molecular weight is 634 g/mol. The summed E-state index contributed by atoms with van der Waals surface area (Å²) in [6.07, 6.45) is 2.41. The molecule has 2 atom stereocenters. The van der Waals surface area contributed by atoms with Crippen molar-refractivity contribution in [1.29, 1.82) is 0 Å². The van der Waals surface area contributed by atoms with Gasteiger partial charge in [-0.1, -0.05) is 24.3 Å². The van der Waals surface area contributed by atoms with Crippen molar-refractivity contribution in [3.63, 3.8) is 0 Å². The van der Waals surface area contributed by atoms with Crippen LogP contribution < -0.4 is 10.1 Å². The molecule has 13 heteroatoms. The molecule has 1 aromatic heterocycles. The molecule has 0 aliphatic carbocycles. The Morgan fingerprint density at radius 1 is 1.09 bits per heavy atom. The smallest absolute Gasteiger partial charge is 0.244 e. The van der Waals surface area contributed by atoms with Gasteiger partial charge in [0.05, 0.1) is 34.0 Å². The number of pyridine rings is 1. The van der Waals surface area contributed by atoms with E-state index in [2.05, 4.69) is 10.3 Å². The number of nitrogens with one attached hydrogen (secondary N) is 1. The number of hydrogen-bond acceptors (Lipinski definition) is 10. The summed E-state index contributed by atoms with van der Waals surface area (Å²) in [6, 6.07) is 15.1. The number of piperidine rings is 1. The Kier molecular flexibility index (Phi) is 9.15. The van der Waals surface area contributed by atoms with Crippen molar-refractivity contribution in [3.8, 4) is 5.75 Å². The van der Waals surface area contributed by atoms with E-state index in [1.54, 1.807) is 18.2 Å². The molecule has 3 N–H and O–H groups in total. The van der Waals surface area contributed by atoms with E-state index >= 15 is 0 Å². The van der Waals surface area contributed by atoms with Gasteiger partial charge < -0.3 is 25.0 Å². The topological polar surface area (TPSA) is 155 Å². The molecule has 0 amide bonds. The Morgan fingerprint density at radius 3 is 2.58 bits per heavy atom. The molecule has 2 aliphatic heterocycles. The molecule has 2 aromatic carbocycles. The van der Waals surface area contributed by atoms with E-state index in [0.29, 0.717) is 44.7 Å². The van der Waals surface area contributed by atoms with Crippen molar-refractivity contribution >= 4 is 30.8 Å². The van der Waals surface area contributed by atoms with Crippen LogP contribution >= 0.6 is 0 Å². The number of fused-ring (bicyclic) bond motifs is 1. The number of para-hydroxylation sites is 1. The molecule has 5 rings (SSSR count). The maximum atomic E-state index is 13.3. The summed E-state index contributed by atoms with van der Waals surface area (Å²) in [4.78, 5) is 4.54. The predicted molar refractivity (Wildman–Crippen MR) is 161 cm³/mol. The fourth-order valence-corrected chi connectivity index (χ4v) is 8.25. The number of nitrogens with zero attached hydrogens (tertiary/aromatic N) is 2. The molecule has 11 nitrogen and oxygen atoms in total. The molecular formula is C30H39N3O8S2. The second-order valence-corrected chi connectivity index (χ2v) is 16.5. The Bertz CT molecular complexity index is 1650. The zero-order chi connectivity index (χ0) is 30.9. The summed E-state index contributed by atoms with van der Waals surface area (Å²) in [5.41, 5.74) is 0.331. The van der Waals surface area contributed by atoms with Gasteiger partial charge in [0, 0.05) is 37.3 Å². The summed E-state index contributed by atoms with van der Waals surface area (Å²) in [5, 5.41) is 24.1. The van der Waals surface area contributed by atoms with Crippen LogP contribution in [0.25, 0.3) is 10.9 Å². The van der Waals surface area contributed by atoms with E-state index in [1.165, 1.54) is 36.5 Å². The summed E-state index contributed by atoms with van der Waals surface area (Å²) in [7, 11) is -7.45. The molecule has 3 aromatic rings. The van der Waals surface area contributed by atoms with Crippen LogP contribution in [0, 0.1) is 0 Å². The van der Waals surface area contributed by atoms with Gasteiger partial charge in [-0.3, -0.25) is 4.98 Å². The normalized spacial score (nSPS) is 20.4. The quantitative estimate of drug-likeness (QED) is 0.286. The first-order chi connectivity index (χ1) is 20.4. The molecule has 2 fully saturated rings. The second-order valence-electron chi connectivity index (χ2n) is 11.9. The highest BCUT2D eigenvalue weighted by molar-refractivity contribution is 7.92. The van der Waals surface area contributed by atoms with Gasteiger partial charge in [0.1, 0.15) is 23.4 Å². The predicted octanol–water partition coefficient (Wildman–Crippen LogP) is 2.12. The highest BCUT2D eigenvalue weighted by Gasteiger charge is 2.45.